The van der Waals surface area contributed by atoms with E-state index in [4.69, 9.17) is 10.8 Å². The number of thiophene rings is 1. The van der Waals surface area contributed by atoms with Gasteiger partial charge >= 0.3 is 5.97 Å². The summed E-state index contributed by atoms with van der Waals surface area (Å²) >= 11 is 3.08. The molecule has 1 aromatic heterocycles. The van der Waals surface area contributed by atoms with Crippen molar-refractivity contribution in [3.8, 4) is 0 Å². The summed E-state index contributed by atoms with van der Waals surface area (Å²) in [6, 6.07) is 8.96. The summed E-state index contributed by atoms with van der Waals surface area (Å²) in [5, 5.41) is 10.9. The van der Waals surface area contributed by atoms with E-state index < -0.39 is 5.97 Å². The molecule has 16 heavy (non-hydrogen) atoms. The number of carbonyl (C=O) groups is 1. The summed E-state index contributed by atoms with van der Waals surface area (Å²) in [7, 11) is 0. The Labute approximate surface area is 101 Å². The van der Waals surface area contributed by atoms with Crippen LogP contribution < -0.4 is 5.73 Å². The van der Waals surface area contributed by atoms with Gasteiger partial charge in [0.25, 0.3) is 0 Å². The summed E-state index contributed by atoms with van der Waals surface area (Å²) in [6.07, 6.45) is 0. The first-order valence-electron chi connectivity index (χ1n) is 4.51. The number of carboxylic acid groups (broad SMARTS) is 1. The molecule has 0 spiro atoms. The van der Waals surface area contributed by atoms with Gasteiger partial charge in [0.05, 0.1) is 15.5 Å². The molecule has 0 saturated heterocycles. The molecule has 3 N–H and O–H groups in total. The lowest BCUT2D eigenvalue weighted by atomic mass is 10.2. The van der Waals surface area contributed by atoms with E-state index in [9.17, 15) is 4.79 Å². The summed E-state index contributed by atoms with van der Waals surface area (Å²) < 4.78 is 1.09. The standard InChI is InChI=1S/C11H9NO2S2/c12-10-7(11(13)14)3-1-4-8(10)16-9-5-2-6-15-9/h1-6H,12H2,(H,13,14). The molecule has 2 rings (SSSR count). The molecule has 5 heteroatoms. The highest BCUT2D eigenvalue weighted by Crippen LogP contribution is 2.35. The van der Waals surface area contributed by atoms with Gasteiger partial charge in [-0.15, -0.1) is 11.3 Å². The van der Waals surface area contributed by atoms with Gasteiger partial charge < -0.3 is 10.8 Å². The predicted octanol–water partition coefficient (Wildman–Crippen LogP) is 3.18. The van der Waals surface area contributed by atoms with E-state index in [1.165, 1.54) is 17.8 Å². The molecular formula is C11H9NO2S2. The first kappa shape index (κ1) is 11.0. The van der Waals surface area contributed by atoms with Crippen LogP contribution in [0.4, 0.5) is 5.69 Å². The number of rotatable bonds is 3. The molecule has 3 nitrogen and oxygen atoms in total. The first-order chi connectivity index (χ1) is 7.68. The minimum Gasteiger partial charge on any atom is -0.478 e. The van der Waals surface area contributed by atoms with Crippen LogP contribution in [0.1, 0.15) is 10.4 Å². The summed E-state index contributed by atoms with van der Waals surface area (Å²) in [6.45, 7) is 0. The average molecular weight is 251 g/mol. The van der Waals surface area contributed by atoms with Gasteiger partial charge in [0.15, 0.2) is 0 Å². The highest BCUT2D eigenvalue weighted by molar-refractivity contribution is 8.01. The number of para-hydroxylation sites is 1. The van der Waals surface area contributed by atoms with E-state index in [-0.39, 0.29) is 5.56 Å². The number of hydrogen-bond donors (Lipinski definition) is 2. The monoisotopic (exact) mass is 251 g/mol. The van der Waals surface area contributed by atoms with Crippen molar-refractivity contribution in [1.29, 1.82) is 0 Å². The van der Waals surface area contributed by atoms with Crippen molar-refractivity contribution in [2.75, 3.05) is 5.73 Å². The van der Waals surface area contributed by atoms with E-state index in [1.54, 1.807) is 17.4 Å². The minimum atomic E-state index is -0.994. The van der Waals surface area contributed by atoms with Crippen LogP contribution in [-0.4, -0.2) is 11.1 Å². The number of carboxylic acids is 1. The quantitative estimate of drug-likeness (QED) is 0.822. The fourth-order valence-electron chi connectivity index (χ4n) is 1.25. The Morgan fingerprint density at radius 3 is 2.75 bits per heavy atom. The Morgan fingerprint density at radius 2 is 2.12 bits per heavy atom. The van der Waals surface area contributed by atoms with Gasteiger partial charge in [0.2, 0.25) is 0 Å². The second kappa shape index (κ2) is 4.59. The number of hydrogen-bond acceptors (Lipinski definition) is 4. The van der Waals surface area contributed by atoms with E-state index >= 15 is 0 Å². The minimum absolute atomic E-state index is 0.154. The average Bonchev–Trinajstić information content (AvgIpc) is 2.73. The zero-order valence-corrected chi connectivity index (χ0v) is 9.85. The highest BCUT2D eigenvalue weighted by atomic mass is 32.2. The Morgan fingerprint density at radius 1 is 1.31 bits per heavy atom. The Kier molecular flexibility index (Phi) is 3.17. The Bertz CT molecular complexity index is 509. The molecule has 0 amide bonds. The molecule has 0 atom stereocenters. The molecule has 0 aliphatic heterocycles. The summed E-state index contributed by atoms with van der Waals surface area (Å²) in [5.41, 5.74) is 6.29. The molecular weight excluding hydrogens is 242 g/mol. The number of nitrogens with two attached hydrogens (primary N) is 1. The molecule has 0 radical (unpaired) electrons. The van der Waals surface area contributed by atoms with E-state index in [0.29, 0.717) is 5.69 Å². The van der Waals surface area contributed by atoms with Crippen LogP contribution in [0.5, 0.6) is 0 Å². The zero-order chi connectivity index (χ0) is 11.5. The van der Waals surface area contributed by atoms with Crippen molar-refractivity contribution < 1.29 is 9.90 Å². The van der Waals surface area contributed by atoms with Crippen LogP contribution in [0.2, 0.25) is 0 Å². The van der Waals surface area contributed by atoms with Gasteiger partial charge in [-0.3, -0.25) is 0 Å². The molecule has 0 unspecified atom stereocenters. The Balaban J connectivity index is 2.35. The maximum Gasteiger partial charge on any atom is 0.337 e. The lowest BCUT2D eigenvalue weighted by Gasteiger charge is -2.06. The van der Waals surface area contributed by atoms with Gasteiger partial charge in [-0.1, -0.05) is 23.9 Å². The number of nitrogen functional groups attached to an aromatic ring is 1. The van der Waals surface area contributed by atoms with Crippen LogP contribution in [0, 0.1) is 0 Å². The SMILES string of the molecule is Nc1c(Sc2cccs2)cccc1C(=O)O. The van der Waals surface area contributed by atoms with Crippen molar-refractivity contribution in [3.05, 3.63) is 41.3 Å². The van der Waals surface area contributed by atoms with Gasteiger partial charge in [0.1, 0.15) is 0 Å². The molecule has 0 saturated carbocycles. The Hall–Kier alpha value is -1.46. The third-order valence-electron chi connectivity index (χ3n) is 2.00. The summed E-state index contributed by atoms with van der Waals surface area (Å²) in [4.78, 5) is 11.7. The molecule has 0 fully saturated rings. The fraction of sp³-hybridized carbons (Fsp3) is 0. The van der Waals surface area contributed by atoms with Crippen LogP contribution in [0.15, 0.2) is 44.8 Å². The molecule has 0 bridgehead atoms. The van der Waals surface area contributed by atoms with Crippen molar-refractivity contribution in [3.63, 3.8) is 0 Å². The lowest BCUT2D eigenvalue weighted by Crippen LogP contribution is -2.02. The second-order valence-electron chi connectivity index (χ2n) is 3.06. The summed E-state index contributed by atoms with van der Waals surface area (Å²) in [5.74, 6) is -0.994. The van der Waals surface area contributed by atoms with Crippen LogP contribution in [0.25, 0.3) is 0 Å². The molecule has 2 aromatic rings. The van der Waals surface area contributed by atoms with Gasteiger partial charge in [-0.25, -0.2) is 4.79 Å². The smallest absolute Gasteiger partial charge is 0.337 e. The predicted molar refractivity (Wildman–Crippen MR) is 66.3 cm³/mol. The topological polar surface area (TPSA) is 63.3 Å². The molecule has 0 aliphatic carbocycles. The highest BCUT2D eigenvalue weighted by Gasteiger charge is 2.11. The van der Waals surface area contributed by atoms with Crippen LogP contribution in [0.3, 0.4) is 0 Å². The van der Waals surface area contributed by atoms with Crippen LogP contribution >= 0.6 is 23.1 Å². The molecule has 0 aliphatic rings. The maximum atomic E-state index is 10.9. The maximum absolute atomic E-state index is 10.9. The largest absolute Gasteiger partial charge is 0.478 e. The van der Waals surface area contributed by atoms with E-state index in [1.807, 2.05) is 23.6 Å². The van der Waals surface area contributed by atoms with E-state index in [2.05, 4.69) is 0 Å². The van der Waals surface area contributed by atoms with Crippen LogP contribution in [-0.2, 0) is 0 Å². The van der Waals surface area contributed by atoms with Crippen molar-refractivity contribution in [2.24, 2.45) is 0 Å². The number of benzene rings is 1. The number of anilines is 1. The molecule has 1 aromatic carbocycles. The normalized spacial score (nSPS) is 10.2. The van der Waals surface area contributed by atoms with Gasteiger partial charge in [-0.05, 0) is 23.6 Å². The van der Waals surface area contributed by atoms with Gasteiger partial charge in [-0.2, -0.15) is 0 Å². The fourth-order valence-corrected chi connectivity index (χ4v) is 3.06. The zero-order valence-electron chi connectivity index (χ0n) is 8.21. The lowest BCUT2D eigenvalue weighted by molar-refractivity contribution is 0.0698. The third-order valence-corrected chi connectivity index (χ3v) is 4.12. The molecule has 82 valence electrons. The van der Waals surface area contributed by atoms with E-state index in [0.717, 1.165) is 9.10 Å². The molecule has 1 heterocycles. The van der Waals surface area contributed by atoms with Crippen molar-refractivity contribution in [1.82, 2.24) is 0 Å². The first-order valence-corrected chi connectivity index (χ1v) is 6.21. The van der Waals surface area contributed by atoms with Crippen molar-refractivity contribution >= 4 is 34.8 Å². The second-order valence-corrected chi connectivity index (χ2v) is 5.35. The third kappa shape index (κ3) is 2.20. The van der Waals surface area contributed by atoms with Crippen molar-refractivity contribution in [2.45, 2.75) is 9.10 Å². The van der Waals surface area contributed by atoms with Gasteiger partial charge in [0, 0.05) is 4.90 Å². The number of aromatic carboxylic acids is 1.